The number of alkyl halides is 6. The fourth-order valence-electron chi connectivity index (χ4n) is 3.00. The Kier molecular flexibility index (Phi) is 5.42. The van der Waals surface area contributed by atoms with Crippen molar-refractivity contribution in [2.45, 2.75) is 23.7 Å². The Morgan fingerprint density at radius 2 is 1.75 bits per heavy atom. The molecule has 0 spiro atoms. The van der Waals surface area contributed by atoms with Crippen molar-refractivity contribution in [3.63, 3.8) is 0 Å². The first-order valence-corrected chi connectivity index (χ1v) is 10.1. The molecule has 0 amide bonds. The first kappa shape index (κ1) is 22.5. The Labute approximate surface area is 185 Å². The Bertz CT molecular complexity index is 1160. The van der Waals surface area contributed by atoms with Crippen LogP contribution in [-0.2, 0) is 6.18 Å². The van der Waals surface area contributed by atoms with E-state index in [0.717, 1.165) is 23.5 Å². The lowest BCUT2D eigenvalue weighted by Crippen LogP contribution is -2.55. The Morgan fingerprint density at radius 1 is 1.06 bits per heavy atom. The van der Waals surface area contributed by atoms with E-state index in [-0.39, 0.29) is 22.0 Å². The van der Waals surface area contributed by atoms with Crippen molar-refractivity contribution >= 4 is 34.6 Å². The van der Waals surface area contributed by atoms with Gasteiger partial charge in [0.05, 0.1) is 16.3 Å². The third-order valence-corrected chi connectivity index (χ3v) is 5.78. The predicted molar refractivity (Wildman–Crippen MR) is 106 cm³/mol. The molecule has 0 saturated carbocycles. The van der Waals surface area contributed by atoms with Crippen molar-refractivity contribution < 1.29 is 31.4 Å². The van der Waals surface area contributed by atoms with E-state index in [9.17, 15) is 31.4 Å². The molecule has 0 fully saturated rings. The van der Waals surface area contributed by atoms with E-state index in [1.807, 2.05) is 0 Å². The summed E-state index contributed by atoms with van der Waals surface area (Å²) >= 11 is 6.20. The molecule has 13 heteroatoms. The van der Waals surface area contributed by atoms with Crippen LogP contribution in [0.15, 0.2) is 52.9 Å². The van der Waals surface area contributed by atoms with Gasteiger partial charge in [0.25, 0.3) is 0 Å². The van der Waals surface area contributed by atoms with E-state index >= 15 is 0 Å². The van der Waals surface area contributed by atoms with Crippen LogP contribution in [0.5, 0.6) is 0 Å². The van der Waals surface area contributed by atoms with Gasteiger partial charge in [0.2, 0.25) is 11.7 Å². The van der Waals surface area contributed by atoms with Crippen molar-refractivity contribution in [2.24, 2.45) is 5.10 Å². The molecule has 1 N–H and O–H groups in total. The number of thiophene rings is 1. The molecule has 1 atom stereocenters. The fraction of sp³-hybridized carbons (Fsp3) is 0.211. The maximum Gasteiger partial charge on any atom is 0.433 e. The summed E-state index contributed by atoms with van der Waals surface area (Å²) in [5.41, 5.74) is -4.93. The average molecular weight is 493 g/mol. The van der Waals surface area contributed by atoms with Gasteiger partial charge >= 0.3 is 11.6 Å². The number of anilines is 1. The molecule has 1 aliphatic heterocycles. The van der Waals surface area contributed by atoms with Gasteiger partial charge in [-0.25, -0.2) is 14.4 Å². The van der Waals surface area contributed by atoms with Crippen molar-refractivity contribution in [2.75, 3.05) is 5.01 Å². The number of hydrazone groups is 1. The highest BCUT2D eigenvalue weighted by Crippen LogP contribution is 2.45. The van der Waals surface area contributed by atoms with Gasteiger partial charge in [-0.2, -0.15) is 32.1 Å². The SMILES string of the molecule is OC1(C(F)(F)Cl)CC(c2ccc(F)cc2)=NN1c1nc(-c2cccs2)cc(C(F)(F)F)n1. The lowest BCUT2D eigenvalue weighted by atomic mass is 10.0. The molecule has 4 rings (SSSR count). The summed E-state index contributed by atoms with van der Waals surface area (Å²) in [5, 5.41) is 12.0. The number of hydrogen-bond donors (Lipinski definition) is 1. The summed E-state index contributed by atoms with van der Waals surface area (Å²) in [5.74, 6) is -1.54. The minimum absolute atomic E-state index is 0.152. The molecule has 1 unspecified atom stereocenters. The van der Waals surface area contributed by atoms with Crippen LogP contribution in [0.1, 0.15) is 17.7 Å². The van der Waals surface area contributed by atoms with Crippen LogP contribution in [0.4, 0.5) is 32.3 Å². The van der Waals surface area contributed by atoms with Gasteiger partial charge in [0, 0.05) is 6.42 Å². The van der Waals surface area contributed by atoms with E-state index in [1.165, 1.54) is 18.2 Å². The molecule has 32 heavy (non-hydrogen) atoms. The Hall–Kier alpha value is -2.70. The van der Waals surface area contributed by atoms with Crippen LogP contribution < -0.4 is 5.01 Å². The molecule has 0 aliphatic carbocycles. The molecule has 0 bridgehead atoms. The molecule has 1 aromatic carbocycles. The quantitative estimate of drug-likeness (QED) is 0.386. The van der Waals surface area contributed by atoms with Gasteiger partial charge in [-0.05, 0) is 46.8 Å². The minimum Gasteiger partial charge on any atom is -0.363 e. The molecule has 168 valence electrons. The first-order chi connectivity index (χ1) is 14.9. The van der Waals surface area contributed by atoms with Crippen molar-refractivity contribution in [3.8, 4) is 10.6 Å². The molecule has 1 aliphatic rings. The van der Waals surface area contributed by atoms with Crippen molar-refractivity contribution in [1.29, 1.82) is 0 Å². The van der Waals surface area contributed by atoms with Crippen LogP contribution in [0.2, 0.25) is 0 Å². The van der Waals surface area contributed by atoms with E-state index in [2.05, 4.69) is 15.1 Å². The number of aliphatic hydroxyl groups is 1. The second-order valence-corrected chi connectivity index (χ2v) is 8.19. The standard InChI is InChI=1S/C19H11ClF6N4OS/c20-19(25,26)17(31)9-13(10-3-5-11(21)6-4-10)29-30(17)16-27-12(14-2-1-7-32-14)8-15(28-16)18(22,23)24/h1-8,31H,9H2. The van der Waals surface area contributed by atoms with Crippen LogP contribution in [0.25, 0.3) is 10.6 Å². The number of nitrogens with zero attached hydrogens (tertiary/aromatic N) is 4. The van der Waals surface area contributed by atoms with Gasteiger partial charge in [0.1, 0.15) is 5.82 Å². The number of hydrogen-bond acceptors (Lipinski definition) is 6. The third-order valence-electron chi connectivity index (χ3n) is 4.58. The second kappa shape index (κ2) is 7.71. The van der Waals surface area contributed by atoms with Gasteiger partial charge < -0.3 is 5.11 Å². The summed E-state index contributed by atoms with van der Waals surface area (Å²) in [6.45, 7) is 0. The van der Waals surface area contributed by atoms with Gasteiger partial charge in [-0.1, -0.05) is 18.2 Å². The van der Waals surface area contributed by atoms with Crippen LogP contribution in [0.3, 0.4) is 0 Å². The zero-order valence-corrected chi connectivity index (χ0v) is 17.2. The fourth-order valence-corrected chi connectivity index (χ4v) is 3.84. The Morgan fingerprint density at radius 3 is 2.31 bits per heavy atom. The van der Waals surface area contributed by atoms with E-state index in [0.29, 0.717) is 10.9 Å². The summed E-state index contributed by atoms with van der Waals surface area (Å²) in [4.78, 5) is 7.56. The minimum atomic E-state index is -4.94. The molecule has 5 nitrogen and oxygen atoms in total. The van der Waals surface area contributed by atoms with Crippen LogP contribution >= 0.6 is 22.9 Å². The molecule has 0 radical (unpaired) electrons. The highest BCUT2D eigenvalue weighted by atomic mass is 35.5. The number of benzene rings is 1. The van der Waals surface area contributed by atoms with Gasteiger partial charge in [0.15, 0.2) is 5.69 Å². The summed E-state index contributed by atoms with van der Waals surface area (Å²) in [6, 6.07) is 8.22. The van der Waals surface area contributed by atoms with Crippen molar-refractivity contribution in [1.82, 2.24) is 9.97 Å². The summed E-state index contributed by atoms with van der Waals surface area (Å²) in [7, 11) is 0. The number of aromatic nitrogens is 2. The monoisotopic (exact) mass is 492 g/mol. The normalized spacial score (nSPS) is 19.4. The highest BCUT2D eigenvalue weighted by molar-refractivity contribution is 7.13. The zero-order valence-electron chi connectivity index (χ0n) is 15.6. The maximum absolute atomic E-state index is 14.3. The molecular formula is C19H11ClF6N4OS. The molecule has 2 aromatic heterocycles. The van der Waals surface area contributed by atoms with Gasteiger partial charge in [-0.3, -0.25) is 0 Å². The molecule has 3 heterocycles. The molecule has 0 saturated heterocycles. The smallest absolute Gasteiger partial charge is 0.363 e. The second-order valence-electron chi connectivity index (χ2n) is 6.77. The van der Waals surface area contributed by atoms with E-state index in [1.54, 1.807) is 11.4 Å². The van der Waals surface area contributed by atoms with Crippen LogP contribution in [-0.4, -0.2) is 31.9 Å². The van der Waals surface area contributed by atoms with Gasteiger partial charge in [-0.15, -0.1) is 11.3 Å². The largest absolute Gasteiger partial charge is 0.433 e. The van der Waals surface area contributed by atoms with E-state index in [4.69, 9.17) is 11.6 Å². The summed E-state index contributed by atoms with van der Waals surface area (Å²) < 4.78 is 82.2. The molecule has 3 aromatic rings. The topological polar surface area (TPSA) is 61.6 Å². The van der Waals surface area contributed by atoms with Crippen LogP contribution in [0, 0.1) is 5.82 Å². The zero-order chi connectivity index (χ0) is 23.3. The molecular weight excluding hydrogens is 482 g/mol. The average Bonchev–Trinajstić information content (AvgIpc) is 3.36. The third kappa shape index (κ3) is 4.05. The Balaban J connectivity index is 1.89. The van der Waals surface area contributed by atoms with Crippen molar-refractivity contribution in [3.05, 3.63) is 64.9 Å². The number of halogens is 7. The predicted octanol–water partition coefficient (Wildman–Crippen LogP) is 5.50. The van der Waals surface area contributed by atoms with E-state index < -0.39 is 41.2 Å². The highest BCUT2D eigenvalue weighted by Gasteiger charge is 2.61. The lowest BCUT2D eigenvalue weighted by molar-refractivity contribution is -0.141. The maximum atomic E-state index is 14.3. The summed E-state index contributed by atoms with van der Waals surface area (Å²) in [6.07, 6.45) is -5.82. The first-order valence-electron chi connectivity index (χ1n) is 8.81. The number of rotatable bonds is 4. The lowest BCUT2D eigenvalue weighted by Gasteiger charge is -2.34.